The van der Waals surface area contributed by atoms with Crippen molar-refractivity contribution in [3.05, 3.63) is 22.2 Å². The van der Waals surface area contributed by atoms with E-state index in [1.165, 1.54) is 0 Å². The Kier molecular flexibility index (Phi) is 6.37. The molecule has 1 rings (SSSR count). The summed E-state index contributed by atoms with van der Waals surface area (Å²) in [6.45, 7) is 2.94. The highest BCUT2D eigenvalue weighted by Gasteiger charge is 2.05. The van der Waals surface area contributed by atoms with Crippen molar-refractivity contribution >= 4 is 21.6 Å². The number of aryl methyl sites for hydroxylation is 1. The van der Waals surface area contributed by atoms with Crippen molar-refractivity contribution in [1.29, 1.82) is 0 Å². The summed E-state index contributed by atoms with van der Waals surface area (Å²) >= 11 is 3.40. The molecule has 0 atom stereocenters. The van der Waals surface area contributed by atoms with Crippen molar-refractivity contribution in [3.63, 3.8) is 0 Å². The van der Waals surface area contributed by atoms with Crippen LogP contribution in [-0.2, 0) is 0 Å². The Hall–Kier alpha value is -0.740. The quantitative estimate of drug-likeness (QED) is 0.600. The summed E-state index contributed by atoms with van der Waals surface area (Å²) in [6.07, 6.45) is 4.00. The van der Waals surface area contributed by atoms with Gasteiger partial charge in [-0.15, -0.1) is 0 Å². The van der Waals surface area contributed by atoms with Crippen LogP contribution in [0.5, 0.6) is 5.75 Å². The molecule has 0 unspecified atom stereocenters. The number of aliphatic hydroxyl groups excluding tert-OH is 1. The maximum atomic E-state index is 8.65. The van der Waals surface area contributed by atoms with Gasteiger partial charge < -0.3 is 15.6 Å². The topological polar surface area (TPSA) is 55.5 Å². The Bertz CT molecular complexity index is 332. The van der Waals surface area contributed by atoms with Crippen LogP contribution in [-0.4, -0.2) is 18.3 Å². The van der Waals surface area contributed by atoms with Gasteiger partial charge in [0.2, 0.25) is 0 Å². The number of hydrogen-bond donors (Lipinski definition) is 2. The number of anilines is 1. The first kappa shape index (κ1) is 14.3. The van der Waals surface area contributed by atoms with Crippen molar-refractivity contribution in [2.75, 3.05) is 18.9 Å². The van der Waals surface area contributed by atoms with Gasteiger partial charge in [0.15, 0.2) is 0 Å². The Morgan fingerprint density at radius 2 is 1.94 bits per heavy atom. The van der Waals surface area contributed by atoms with Crippen LogP contribution in [0.15, 0.2) is 16.6 Å². The predicted octanol–water partition coefficient (Wildman–Crippen LogP) is 3.27. The average Bonchev–Trinajstić information content (AvgIpc) is 2.26. The number of ether oxygens (including phenoxy) is 1. The zero-order valence-corrected chi connectivity index (χ0v) is 11.8. The minimum Gasteiger partial charge on any atom is -0.491 e. The lowest BCUT2D eigenvalue weighted by atomic mass is 10.2. The van der Waals surface area contributed by atoms with E-state index >= 15 is 0 Å². The molecule has 4 heteroatoms. The molecule has 0 aliphatic heterocycles. The number of halogens is 1. The molecule has 96 valence electrons. The lowest BCUT2D eigenvalue weighted by molar-refractivity contribution is 0.273. The van der Waals surface area contributed by atoms with Gasteiger partial charge in [-0.05, 0) is 43.9 Å². The summed E-state index contributed by atoms with van der Waals surface area (Å²) in [5, 5.41) is 8.65. The third-order valence-corrected chi connectivity index (χ3v) is 3.02. The van der Waals surface area contributed by atoms with Gasteiger partial charge in [0.1, 0.15) is 5.75 Å². The number of benzene rings is 1. The Morgan fingerprint density at radius 1 is 1.24 bits per heavy atom. The number of unbranched alkanes of at least 4 members (excludes halogenated alkanes) is 3. The van der Waals surface area contributed by atoms with Gasteiger partial charge in [0.25, 0.3) is 0 Å². The lowest BCUT2D eigenvalue weighted by Crippen LogP contribution is -2.02. The van der Waals surface area contributed by atoms with Crippen molar-refractivity contribution in [1.82, 2.24) is 0 Å². The molecule has 0 aliphatic rings. The summed E-state index contributed by atoms with van der Waals surface area (Å²) in [4.78, 5) is 0. The lowest BCUT2D eigenvalue weighted by Gasteiger charge is -2.12. The molecule has 0 spiro atoms. The first-order valence-electron chi connectivity index (χ1n) is 5.94. The van der Waals surface area contributed by atoms with Crippen molar-refractivity contribution in [3.8, 4) is 5.75 Å². The van der Waals surface area contributed by atoms with Crippen molar-refractivity contribution in [2.45, 2.75) is 32.6 Å². The molecule has 1 aromatic rings. The van der Waals surface area contributed by atoms with Crippen molar-refractivity contribution in [2.24, 2.45) is 0 Å². The monoisotopic (exact) mass is 301 g/mol. The summed E-state index contributed by atoms with van der Waals surface area (Å²) in [5.74, 6) is 0.787. The van der Waals surface area contributed by atoms with Crippen LogP contribution >= 0.6 is 15.9 Å². The van der Waals surface area contributed by atoms with Crippen LogP contribution in [0.25, 0.3) is 0 Å². The fraction of sp³-hybridized carbons (Fsp3) is 0.538. The first-order valence-corrected chi connectivity index (χ1v) is 6.73. The van der Waals surface area contributed by atoms with E-state index in [0.29, 0.717) is 12.3 Å². The van der Waals surface area contributed by atoms with E-state index < -0.39 is 0 Å². The predicted molar refractivity (Wildman–Crippen MR) is 74.3 cm³/mol. The maximum Gasteiger partial charge on any atom is 0.145 e. The van der Waals surface area contributed by atoms with Crippen LogP contribution in [0.1, 0.15) is 31.2 Å². The molecule has 0 aromatic heterocycles. The molecule has 0 bridgehead atoms. The second-order valence-electron chi connectivity index (χ2n) is 4.13. The number of aliphatic hydroxyl groups is 1. The third kappa shape index (κ3) is 4.96. The van der Waals surface area contributed by atoms with Crippen LogP contribution < -0.4 is 10.5 Å². The summed E-state index contributed by atoms with van der Waals surface area (Å²) in [7, 11) is 0. The van der Waals surface area contributed by atoms with Gasteiger partial charge in [-0.3, -0.25) is 0 Å². The SMILES string of the molecule is Cc1cc(Br)cc(N)c1OCCCCCCO. The summed E-state index contributed by atoms with van der Waals surface area (Å²) in [5.41, 5.74) is 7.62. The maximum absolute atomic E-state index is 8.65. The van der Waals surface area contributed by atoms with Gasteiger partial charge in [-0.1, -0.05) is 22.4 Å². The molecular weight excluding hydrogens is 282 g/mol. The van der Waals surface area contributed by atoms with Gasteiger partial charge in [-0.25, -0.2) is 0 Å². The largest absolute Gasteiger partial charge is 0.491 e. The molecule has 0 fully saturated rings. The third-order valence-electron chi connectivity index (χ3n) is 2.57. The standard InChI is InChI=1S/C13H20BrNO2/c1-10-8-11(14)9-12(15)13(10)17-7-5-3-2-4-6-16/h8-9,16H,2-7,15H2,1H3. The molecule has 3 N–H and O–H groups in total. The van der Waals surface area contributed by atoms with E-state index in [1.807, 2.05) is 19.1 Å². The summed E-state index contributed by atoms with van der Waals surface area (Å²) < 4.78 is 6.67. The normalized spacial score (nSPS) is 10.5. The summed E-state index contributed by atoms with van der Waals surface area (Å²) in [6, 6.07) is 3.85. The molecular formula is C13H20BrNO2. The Labute approximate surface area is 111 Å². The highest BCUT2D eigenvalue weighted by atomic mass is 79.9. The van der Waals surface area contributed by atoms with Crippen LogP contribution in [0.3, 0.4) is 0 Å². The fourth-order valence-electron chi connectivity index (χ4n) is 1.69. The zero-order chi connectivity index (χ0) is 12.7. The number of nitrogens with two attached hydrogens (primary N) is 1. The number of rotatable bonds is 7. The Balaban J connectivity index is 2.36. The van der Waals surface area contributed by atoms with E-state index in [-0.39, 0.29) is 6.61 Å². The van der Waals surface area contributed by atoms with Gasteiger partial charge >= 0.3 is 0 Å². The Morgan fingerprint density at radius 3 is 2.59 bits per heavy atom. The second kappa shape index (κ2) is 7.56. The van der Waals surface area contributed by atoms with E-state index in [4.69, 9.17) is 15.6 Å². The molecule has 0 saturated heterocycles. The molecule has 0 saturated carbocycles. The van der Waals surface area contributed by atoms with Crippen molar-refractivity contribution < 1.29 is 9.84 Å². The second-order valence-corrected chi connectivity index (χ2v) is 5.04. The van der Waals surface area contributed by atoms with E-state index in [9.17, 15) is 0 Å². The number of nitrogen functional groups attached to an aromatic ring is 1. The van der Waals surface area contributed by atoms with E-state index in [1.54, 1.807) is 0 Å². The molecule has 0 radical (unpaired) electrons. The molecule has 1 aromatic carbocycles. The van der Waals surface area contributed by atoms with Gasteiger partial charge in [0, 0.05) is 11.1 Å². The highest BCUT2D eigenvalue weighted by molar-refractivity contribution is 9.10. The fourth-order valence-corrected chi connectivity index (χ4v) is 2.28. The zero-order valence-electron chi connectivity index (χ0n) is 10.2. The van der Waals surface area contributed by atoms with E-state index in [0.717, 1.165) is 41.5 Å². The number of hydrogen-bond acceptors (Lipinski definition) is 3. The molecule has 3 nitrogen and oxygen atoms in total. The minimum atomic E-state index is 0.277. The van der Waals surface area contributed by atoms with Crippen LogP contribution in [0.2, 0.25) is 0 Å². The van der Waals surface area contributed by atoms with E-state index in [2.05, 4.69) is 15.9 Å². The minimum absolute atomic E-state index is 0.277. The van der Waals surface area contributed by atoms with Crippen LogP contribution in [0.4, 0.5) is 5.69 Å². The molecule has 0 heterocycles. The van der Waals surface area contributed by atoms with Gasteiger partial charge in [-0.2, -0.15) is 0 Å². The first-order chi connectivity index (χ1) is 8.15. The average molecular weight is 302 g/mol. The highest BCUT2D eigenvalue weighted by Crippen LogP contribution is 2.30. The van der Waals surface area contributed by atoms with Gasteiger partial charge in [0.05, 0.1) is 12.3 Å². The molecule has 0 amide bonds. The smallest absolute Gasteiger partial charge is 0.145 e. The molecule has 17 heavy (non-hydrogen) atoms. The van der Waals surface area contributed by atoms with Crippen LogP contribution in [0, 0.1) is 6.92 Å². The molecule has 0 aliphatic carbocycles.